The minimum absolute atomic E-state index is 0.558. The van der Waals surface area contributed by atoms with Crippen LogP contribution in [0.4, 0.5) is 0 Å². The van der Waals surface area contributed by atoms with Gasteiger partial charge in [0.25, 0.3) is 0 Å². The Labute approximate surface area is 292 Å². The summed E-state index contributed by atoms with van der Waals surface area (Å²) in [5.41, 5.74) is 9.38. The van der Waals surface area contributed by atoms with Crippen LogP contribution < -0.4 is 0 Å². The van der Waals surface area contributed by atoms with Gasteiger partial charge < -0.3 is 4.42 Å². The summed E-state index contributed by atoms with van der Waals surface area (Å²) in [6.07, 6.45) is 6.99. The lowest BCUT2D eigenvalue weighted by molar-refractivity contribution is 0.673. The molecular weight excluding hydrogens is 629 g/mol. The van der Waals surface area contributed by atoms with Gasteiger partial charge in [0, 0.05) is 74.0 Å². The Kier molecular flexibility index (Phi) is 6.67. The fourth-order valence-electron chi connectivity index (χ4n) is 6.82. The highest BCUT2D eigenvalue weighted by atomic mass is 16.3. The van der Waals surface area contributed by atoms with Crippen LogP contribution in [0.1, 0.15) is 0 Å². The van der Waals surface area contributed by atoms with E-state index in [-0.39, 0.29) is 0 Å². The van der Waals surface area contributed by atoms with Crippen molar-refractivity contribution in [2.45, 2.75) is 0 Å². The normalized spacial score (nSPS) is 11.5. The van der Waals surface area contributed by atoms with Crippen LogP contribution in [-0.2, 0) is 0 Å². The van der Waals surface area contributed by atoms with Crippen molar-refractivity contribution in [3.8, 4) is 56.5 Å². The number of pyridine rings is 3. The molecule has 0 aliphatic heterocycles. The molecule has 0 saturated carbocycles. The zero-order valence-corrected chi connectivity index (χ0v) is 27.1. The smallest absolute Gasteiger partial charge is 0.165 e. The Bertz CT molecular complexity index is 2830. The van der Waals surface area contributed by atoms with Gasteiger partial charge in [-0.2, -0.15) is 0 Å². The monoisotopic (exact) mass is 654 g/mol. The molecule has 10 rings (SSSR count). The van der Waals surface area contributed by atoms with Gasteiger partial charge in [-0.1, -0.05) is 91.0 Å². The summed E-state index contributed by atoms with van der Waals surface area (Å²) >= 11 is 0. The minimum atomic E-state index is 0.558. The molecule has 0 aliphatic rings. The lowest BCUT2D eigenvalue weighted by atomic mass is 9.96. The van der Waals surface area contributed by atoms with Crippen LogP contribution in [0, 0.1) is 0 Å². The van der Waals surface area contributed by atoms with Gasteiger partial charge in [-0.25, -0.2) is 19.9 Å². The number of rotatable bonds is 5. The van der Waals surface area contributed by atoms with Gasteiger partial charge in [-0.05, 0) is 53.6 Å². The van der Waals surface area contributed by atoms with Crippen molar-refractivity contribution in [3.05, 3.63) is 158 Å². The topological polar surface area (TPSA) is 90.5 Å². The van der Waals surface area contributed by atoms with E-state index in [1.807, 2.05) is 42.5 Å². The summed E-state index contributed by atoms with van der Waals surface area (Å²) < 4.78 is 6.50. The highest BCUT2D eigenvalue weighted by Gasteiger charge is 2.18. The first kappa shape index (κ1) is 28.9. The molecule has 0 spiro atoms. The number of furan rings is 1. The molecule has 238 valence electrons. The molecule has 5 aromatic carbocycles. The van der Waals surface area contributed by atoms with E-state index in [2.05, 4.69) is 101 Å². The summed E-state index contributed by atoms with van der Waals surface area (Å²) in [5.74, 6) is 1.70. The summed E-state index contributed by atoms with van der Waals surface area (Å²) in [5, 5.41) is 5.45. The molecule has 10 aromatic rings. The van der Waals surface area contributed by atoms with Crippen LogP contribution in [-0.4, -0.2) is 29.9 Å². The lowest BCUT2D eigenvalue weighted by Crippen LogP contribution is -2.00. The van der Waals surface area contributed by atoms with Crippen molar-refractivity contribution in [2.24, 2.45) is 0 Å². The third-order valence-corrected chi connectivity index (χ3v) is 9.32. The SMILES string of the molecule is c1cncc(-c2nc(-c3ccc(-c4ccc(-c5nc6ccccc6c6c5ccc5c7ccccc7oc56)cc4)cc3)nc(-c3cccnc3)n2)c1. The van der Waals surface area contributed by atoms with Gasteiger partial charge >= 0.3 is 0 Å². The van der Waals surface area contributed by atoms with E-state index in [4.69, 9.17) is 24.4 Å². The van der Waals surface area contributed by atoms with Crippen molar-refractivity contribution in [2.75, 3.05) is 0 Å². The zero-order valence-electron chi connectivity index (χ0n) is 27.1. The largest absolute Gasteiger partial charge is 0.455 e. The van der Waals surface area contributed by atoms with Crippen LogP contribution in [0.3, 0.4) is 0 Å². The van der Waals surface area contributed by atoms with E-state index in [0.717, 1.165) is 82.7 Å². The fraction of sp³-hybridized carbons (Fsp3) is 0. The molecule has 0 fully saturated rings. The zero-order chi connectivity index (χ0) is 33.7. The Morgan fingerprint density at radius 1 is 0.373 bits per heavy atom. The maximum atomic E-state index is 6.50. The Balaban J connectivity index is 1.03. The summed E-state index contributed by atoms with van der Waals surface area (Å²) in [6.45, 7) is 0. The molecule has 5 heterocycles. The summed E-state index contributed by atoms with van der Waals surface area (Å²) in [4.78, 5) is 28.1. The molecule has 0 atom stereocenters. The van der Waals surface area contributed by atoms with Crippen molar-refractivity contribution in [1.29, 1.82) is 0 Å². The first-order valence-electron chi connectivity index (χ1n) is 16.7. The van der Waals surface area contributed by atoms with E-state index < -0.39 is 0 Å². The van der Waals surface area contributed by atoms with E-state index >= 15 is 0 Å². The van der Waals surface area contributed by atoms with E-state index in [0.29, 0.717) is 17.5 Å². The maximum absolute atomic E-state index is 6.50. The quantitative estimate of drug-likeness (QED) is 0.171. The predicted octanol–water partition coefficient (Wildman–Crippen LogP) is 10.6. The molecule has 7 heteroatoms. The number of para-hydroxylation sites is 2. The molecule has 7 nitrogen and oxygen atoms in total. The molecule has 5 aromatic heterocycles. The van der Waals surface area contributed by atoms with Crippen LogP contribution in [0.15, 0.2) is 163 Å². The first-order valence-corrected chi connectivity index (χ1v) is 16.7. The average molecular weight is 655 g/mol. The third-order valence-electron chi connectivity index (χ3n) is 9.32. The van der Waals surface area contributed by atoms with E-state index in [1.54, 1.807) is 24.8 Å². The van der Waals surface area contributed by atoms with Crippen molar-refractivity contribution >= 4 is 43.6 Å². The average Bonchev–Trinajstić information content (AvgIpc) is 3.60. The van der Waals surface area contributed by atoms with Crippen LogP contribution in [0.25, 0.3) is 100 Å². The standard InChI is InChI=1S/C44H26N6O/c1-3-11-37-35(10-1)39-36(22-21-34-33-9-2-4-12-38(33)51-41(34)39)40(47-37)29-17-13-27(14-18-29)28-15-19-30(20-16-28)42-48-43(31-7-5-23-45-25-31)50-44(49-42)32-8-6-24-46-26-32/h1-26H. The van der Waals surface area contributed by atoms with Gasteiger partial charge in [0.2, 0.25) is 0 Å². The Morgan fingerprint density at radius 3 is 1.57 bits per heavy atom. The lowest BCUT2D eigenvalue weighted by Gasteiger charge is -2.11. The third kappa shape index (κ3) is 4.99. The number of hydrogen-bond donors (Lipinski definition) is 0. The molecule has 0 unspecified atom stereocenters. The van der Waals surface area contributed by atoms with Crippen LogP contribution in [0.5, 0.6) is 0 Å². The van der Waals surface area contributed by atoms with Crippen molar-refractivity contribution in [3.63, 3.8) is 0 Å². The van der Waals surface area contributed by atoms with Crippen LogP contribution in [0.2, 0.25) is 0 Å². The molecule has 0 N–H and O–H groups in total. The number of benzene rings is 5. The molecule has 0 saturated heterocycles. The predicted molar refractivity (Wildman–Crippen MR) is 203 cm³/mol. The molecule has 51 heavy (non-hydrogen) atoms. The van der Waals surface area contributed by atoms with Gasteiger partial charge in [0.15, 0.2) is 17.5 Å². The van der Waals surface area contributed by atoms with Gasteiger partial charge in [-0.15, -0.1) is 0 Å². The maximum Gasteiger partial charge on any atom is 0.165 e. The van der Waals surface area contributed by atoms with Gasteiger partial charge in [0.05, 0.1) is 11.2 Å². The van der Waals surface area contributed by atoms with Crippen molar-refractivity contribution in [1.82, 2.24) is 29.9 Å². The molecule has 0 amide bonds. The van der Waals surface area contributed by atoms with Crippen LogP contribution >= 0.6 is 0 Å². The van der Waals surface area contributed by atoms with Gasteiger partial charge in [0.1, 0.15) is 11.2 Å². The Morgan fingerprint density at radius 2 is 0.922 bits per heavy atom. The second-order valence-corrected chi connectivity index (χ2v) is 12.4. The highest BCUT2D eigenvalue weighted by molar-refractivity contribution is 6.24. The molecule has 0 aliphatic carbocycles. The number of fused-ring (bicyclic) bond motifs is 7. The second-order valence-electron chi connectivity index (χ2n) is 12.4. The Hall–Kier alpha value is -7.12. The number of nitrogens with zero attached hydrogens (tertiary/aromatic N) is 6. The second kappa shape index (κ2) is 11.8. The highest BCUT2D eigenvalue weighted by Crippen LogP contribution is 2.41. The van der Waals surface area contributed by atoms with Crippen molar-refractivity contribution < 1.29 is 4.42 Å². The first-order chi connectivity index (χ1) is 25.3. The molecule has 0 bridgehead atoms. The molecule has 0 radical (unpaired) electrons. The van der Waals surface area contributed by atoms with E-state index in [9.17, 15) is 0 Å². The van der Waals surface area contributed by atoms with E-state index in [1.165, 1.54) is 0 Å². The number of aromatic nitrogens is 6. The minimum Gasteiger partial charge on any atom is -0.455 e. The number of hydrogen-bond acceptors (Lipinski definition) is 7. The summed E-state index contributed by atoms with van der Waals surface area (Å²) in [6, 6.07) is 45.4. The van der Waals surface area contributed by atoms with Gasteiger partial charge in [-0.3, -0.25) is 9.97 Å². The molecular formula is C44H26N6O. The fourth-order valence-corrected chi connectivity index (χ4v) is 6.82. The summed E-state index contributed by atoms with van der Waals surface area (Å²) in [7, 11) is 0.